The molecule has 16 heavy (non-hydrogen) atoms. The Bertz CT molecular complexity index is 392. The highest BCUT2D eigenvalue weighted by atomic mass is 16.5. The molecule has 1 rings (SSSR count). The van der Waals surface area contributed by atoms with E-state index in [4.69, 9.17) is 11.2 Å². The van der Waals surface area contributed by atoms with E-state index in [-0.39, 0.29) is 0 Å². The Balaban J connectivity index is 3.20. The topological polar surface area (TPSA) is 29.5 Å². The van der Waals surface area contributed by atoms with Crippen molar-refractivity contribution in [3.8, 4) is 18.1 Å². The zero-order valence-corrected chi connectivity index (χ0v) is 10.2. The van der Waals surface area contributed by atoms with Gasteiger partial charge in [-0.25, -0.2) is 0 Å². The minimum atomic E-state index is -1.26. The summed E-state index contributed by atoms with van der Waals surface area (Å²) in [5.41, 5.74) is -0.974. The first-order valence-electron chi connectivity index (χ1n) is 5.20. The van der Waals surface area contributed by atoms with Crippen molar-refractivity contribution in [1.82, 2.24) is 0 Å². The van der Waals surface area contributed by atoms with Crippen LogP contribution in [0.4, 0.5) is 0 Å². The summed E-state index contributed by atoms with van der Waals surface area (Å²) in [5, 5.41) is 10.5. The first-order valence-corrected chi connectivity index (χ1v) is 5.20. The maximum Gasteiger partial charge on any atom is 0.155 e. The van der Waals surface area contributed by atoms with Gasteiger partial charge in [-0.2, -0.15) is 0 Å². The molecule has 0 saturated carbocycles. The maximum absolute atomic E-state index is 10.5. The summed E-state index contributed by atoms with van der Waals surface area (Å²) in [4.78, 5) is 0. The Morgan fingerprint density at radius 1 is 1.19 bits per heavy atom. The fourth-order valence-electron chi connectivity index (χ4n) is 1.57. The zero-order valence-electron chi connectivity index (χ0n) is 10.2. The quantitative estimate of drug-likeness (QED) is 0.773. The van der Waals surface area contributed by atoms with Gasteiger partial charge in [0.05, 0.1) is 7.11 Å². The van der Waals surface area contributed by atoms with Gasteiger partial charge in [0.2, 0.25) is 0 Å². The SMILES string of the molecule is C#CC(O)(c1ccc(OC)cc1)C(C)(C)C. The number of methoxy groups -OCH3 is 1. The van der Waals surface area contributed by atoms with E-state index in [2.05, 4.69) is 5.92 Å². The van der Waals surface area contributed by atoms with Crippen molar-refractivity contribution in [2.45, 2.75) is 26.4 Å². The Morgan fingerprint density at radius 2 is 1.69 bits per heavy atom. The van der Waals surface area contributed by atoms with E-state index < -0.39 is 11.0 Å². The van der Waals surface area contributed by atoms with Crippen molar-refractivity contribution in [1.29, 1.82) is 0 Å². The van der Waals surface area contributed by atoms with Crippen LogP contribution in [0.25, 0.3) is 0 Å². The molecule has 1 atom stereocenters. The highest BCUT2D eigenvalue weighted by molar-refractivity contribution is 5.37. The van der Waals surface area contributed by atoms with Crippen LogP contribution in [-0.4, -0.2) is 12.2 Å². The second kappa shape index (κ2) is 4.19. The second-order valence-electron chi connectivity index (χ2n) is 4.83. The minimum Gasteiger partial charge on any atom is -0.497 e. The molecule has 2 heteroatoms. The first-order chi connectivity index (χ1) is 7.35. The smallest absolute Gasteiger partial charge is 0.155 e. The molecule has 0 heterocycles. The van der Waals surface area contributed by atoms with Gasteiger partial charge in [-0.05, 0) is 17.7 Å². The van der Waals surface area contributed by atoms with Crippen molar-refractivity contribution < 1.29 is 9.84 Å². The standard InChI is InChI=1S/C14H18O2/c1-6-14(15,13(2,3)4)11-7-9-12(16-5)10-8-11/h1,7-10,15H,2-5H3. The zero-order chi connectivity index (χ0) is 12.4. The molecular formula is C14H18O2. The monoisotopic (exact) mass is 218 g/mol. The molecule has 1 unspecified atom stereocenters. The molecule has 0 aliphatic rings. The van der Waals surface area contributed by atoms with Crippen LogP contribution in [0.3, 0.4) is 0 Å². The molecule has 0 aliphatic heterocycles. The van der Waals surface area contributed by atoms with Gasteiger partial charge >= 0.3 is 0 Å². The van der Waals surface area contributed by atoms with Crippen molar-refractivity contribution >= 4 is 0 Å². The lowest BCUT2D eigenvalue weighted by molar-refractivity contribution is -0.00888. The molecule has 2 nitrogen and oxygen atoms in total. The summed E-state index contributed by atoms with van der Waals surface area (Å²) < 4.78 is 5.07. The number of hydrogen-bond donors (Lipinski definition) is 1. The van der Waals surface area contributed by atoms with E-state index in [0.29, 0.717) is 5.56 Å². The molecule has 0 aromatic heterocycles. The van der Waals surface area contributed by atoms with Crippen molar-refractivity contribution in [2.24, 2.45) is 5.41 Å². The lowest BCUT2D eigenvalue weighted by Crippen LogP contribution is -2.38. The van der Waals surface area contributed by atoms with E-state index in [9.17, 15) is 5.11 Å². The van der Waals surface area contributed by atoms with E-state index in [1.807, 2.05) is 20.8 Å². The third-order valence-electron chi connectivity index (χ3n) is 2.80. The molecule has 0 aliphatic carbocycles. The molecule has 1 aromatic carbocycles. The lowest BCUT2D eigenvalue weighted by Gasteiger charge is -2.36. The summed E-state index contributed by atoms with van der Waals surface area (Å²) in [5.74, 6) is 3.23. The van der Waals surface area contributed by atoms with Crippen LogP contribution in [-0.2, 0) is 5.60 Å². The van der Waals surface area contributed by atoms with E-state index in [0.717, 1.165) is 5.75 Å². The molecule has 1 N–H and O–H groups in total. The average Bonchev–Trinajstić information content (AvgIpc) is 2.26. The predicted molar refractivity (Wildman–Crippen MR) is 65.2 cm³/mol. The van der Waals surface area contributed by atoms with Crippen LogP contribution in [0.15, 0.2) is 24.3 Å². The number of ether oxygens (including phenoxy) is 1. The Kier molecular flexibility index (Phi) is 3.30. The summed E-state index contributed by atoms with van der Waals surface area (Å²) in [6.07, 6.45) is 5.46. The van der Waals surface area contributed by atoms with Gasteiger partial charge in [0.1, 0.15) is 5.75 Å². The summed E-state index contributed by atoms with van der Waals surface area (Å²) in [7, 11) is 1.60. The summed E-state index contributed by atoms with van der Waals surface area (Å²) >= 11 is 0. The maximum atomic E-state index is 10.5. The van der Waals surface area contributed by atoms with Crippen LogP contribution in [0.1, 0.15) is 26.3 Å². The molecule has 0 spiro atoms. The normalized spacial score (nSPS) is 15.0. The molecule has 0 fully saturated rings. The fraction of sp³-hybridized carbons (Fsp3) is 0.429. The predicted octanol–water partition coefficient (Wildman–Crippen LogP) is 2.56. The minimum absolute atomic E-state index is 0.420. The summed E-state index contributed by atoms with van der Waals surface area (Å²) in [6, 6.07) is 7.18. The largest absolute Gasteiger partial charge is 0.497 e. The summed E-state index contributed by atoms with van der Waals surface area (Å²) in [6.45, 7) is 5.74. The number of hydrogen-bond acceptors (Lipinski definition) is 2. The molecule has 0 saturated heterocycles. The van der Waals surface area contributed by atoms with E-state index in [1.54, 1.807) is 31.4 Å². The van der Waals surface area contributed by atoms with Crippen molar-refractivity contribution in [3.63, 3.8) is 0 Å². The number of aliphatic hydroxyl groups is 1. The highest BCUT2D eigenvalue weighted by Crippen LogP contribution is 2.39. The van der Waals surface area contributed by atoms with Gasteiger partial charge < -0.3 is 9.84 Å². The van der Waals surface area contributed by atoms with Crippen LogP contribution >= 0.6 is 0 Å². The highest BCUT2D eigenvalue weighted by Gasteiger charge is 2.39. The third kappa shape index (κ3) is 2.05. The lowest BCUT2D eigenvalue weighted by atomic mass is 9.73. The van der Waals surface area contributed by atoms with Crippen molar-refractivity contribution in [2.75, 3.05) is 7.11 Å². The van der Waals surface area contributed by atoms with E-state index in [1.165, 1.54) is 0 Å². The third-order valence-corrected chi connectivity index (χ3v) is 2.80. The molecule has 86 valence electrons. The molecule has 0 bridgehead atoms. The van der Waals surface area contributed by atoms with Gasteiger partial charge in [0.15, 0.2) is 5.60 Å². The van der Waals surface area contributed by atoms with E-state index >= 15 is 0 Å². The molecule has 0 amide bonds. The van der Waals surface area contributed by atoms with Gasteiger partial charge in [-0.15, -0.1) is 6.42 Å². The Morgan fingerprint density at radius 3 is 2.00 bits per heavy atom. The number of rotatable bonds is 2. The van der Waals surface area contributed by atoms with Crippen LogP contribution in [0.2, 0.25) is 0 Å². The van der Waals surface area contributed by atoms with Gasteiger partial charge in [0.25, 0.3) is 0 Å². The Hall–Kier alpha value is -1.46. The molecular weight excluding hydrogens is 200 g/mol. The van der Waals surface area contributed by atoms with Gasteiger partial charge in [-0.1, -0.05) is 38.8 Å². The van der Waals surface area contributed by atoms with Crippen LogP contribution in [0, 0.1) is 17.8 Å². The fourth-order valence-corrected chi connectivity index (χ4v) is 1.57. The van der Waals surface area contributed by atoms with Gasteiger partial charge in [0, 0.05) is 5.41 Å². The number of terminal acetylenes is 1. The Labute approximate surface area is 97.3 Å². The molecule has 0 radical (unpaired) electrons. The van der Waals surface area contributed by atoms with Crippen LogP contribution < -0.4 is 4.74 Å². The van der Waals surface area contributed by atoms with Gasteiger partial charge in [-0.3, -0.25) is 0 Å². The first kappa shape index (κ1) is 12.6. The average molecular weight is 218 g/mol. The second-order valence-corrected chi connectivity index (χ2v) is 4.83. The number of benzene rings is 1. The van der Waals surface area contributed by atoms with Crippen LogP contribution in [0.5, 0.6) is 5.75 Å². The van der Waals surface area contributed by atoms with Crippen molar-refractivity contribution in [3.05, 3.63) is 29.8 Å². The molecule has 1 aromatic rings.